The largest absolute Gasteiger partial charge is 0.508 e. The van der Waals surface area contributed by atoms with Gasteiger partial charge in [-0.2, -0.15) is 0 Å². The summed E-state index contributed by atoms with van der Waals surface area (Å²) in [4.78, 5) is 52.3. The zero-order valence-corrected chi connectivity index (χ0v) is 20.9. The van der Waals surface area contributed by atoms with Crippen molar-refractivity contribution in [2.45, 2.75) is 63.8 Å². The highest BCUT2D eigenvalue weighted by Crippen LogP contribution is 2.23. The summed E-state index contributed by atoms with van der Waals surface area (Å²) >= 11 is 0. The number of carbonyl (C=O) groups excluding carboxylic acids is 4. The third-order valence-corrected chi connectivity index (χ3v) is 6.31. The summed E-state index contributed by atoms with van der Waals surface area (Å²) in [5.74, 6) is -2.02. The molecule has 1 aromatic rings. The average molecular weight is 504 g/mol. The molecule has 4 amide bonds. The van der Waals surface area contributed by atoms with E-state index in [1.807, 2.05) is 13.8 Å². The molecular formula is C25H37N5O6. The molecule has 2 aliphatic heterocycles. The molecule has 0 spiro atoms. The SMILES string of the molecule is CC(C)C[C@H](NC(=O)[C@@H]1O[C@H]1C(=O)NCCN1CCCC1)C(=O)N[C@@H](Cc1ccc(O)cc1)C(N)=O. The number of carbonyl (C=O) groups is 4. The number of hydrogen-bond acceptors (Lipinski definition) is 7. The van der Waals surface area contributed by atoms with Crippen LogP contribution in [0, 0.1) is 5.92 Å². The molecule has 36 heavy (non-hydrogen) atoms. The minimum atomic E-state index is -1.00. The number of ether oxygens (including phenoxy) is 1. The van der Waals surface area contributed by atoms with Crippen LogP contribution in [0.25, 0.3) is 0 Å². The Bertz CT molecular complexity index is 931. The van der Waals surface area contributed by atoms with Crippen LogP contribution < -0.4 is 21.7 Å². The average Bonchev–Trinajstić information content (AvgIpc) is 3.47. The van der Waals surface area contributed by atoms with Crippen molar-refractivity contribution in [2.24, 2.45) is 11.7 Å². The van der Waals surface area contributed by atoms with Gasteiger partial charge < -0.3 is 36.4 Å². The van der Waals surface area contributed by atoms with Gasteiger partial charge in [-0.25, -0.2) is 0 Å². The molecule has 0 aromatic heterocycles. The van der Waals surface area contributed by atoms with Crippen LogP contribution in [-0.2, 0) is 30.3 Å². The molecule has 2 aliphatic rings. The van der Waals surface area contributed by atoms with Gasteiger partial charge in [0, 0.05) is 19.5 Å². The van der Waals surface area contributed by atoms with E-state index < -0.39 is 42.0 Å². The fourth-order valence-electron chi connectivity index (χ4n) is 4.27. The lowest BCUT2D eigenvalue weighted by Gasteiger charge is -2.23. The van der Waals surface area contributed by atoms with Crippen molar-refractivity contribution in [3.8, 4) is 5.75 Å². The minimum Gasteiger partial charge on any atom is -0.508 e. The molecule has 6 N–H and O–H groups in total. The summed E-state index contributed by atoms with van der Waals surface area (Å²) in [7, 11) is 0. The van der Waals surface area contributed by atoms with Gasteiger partial charge in [-0.1, -0.05) is 26.0 Å². The first kappa shape index (κ1) is 27.4. The number of phenols is 1. The predicted molar refractivity (Wildman–Crippen MR) is 132 cm³/mol. The van der Waals surface area contributed by atoms with E-state index in [1.165, 1.54) is 25.0 Å². The molecule has 0 aliphatic carbocycles. The van der Waals surface area contributed by atoms with E-state index >= 15 is 0 Å². The lowest BCUT2D eigenvalue weighted by molar-refractivity contribution is -0.132. The van der Waals surface area contributed by atoms with E-state index in [1.54, 1.807) is 12.1 Å². The van der Waals surface area contributed by atoms with Gasteiger partial charge in [0.25, 0.3) is 11.8 Å². The van der Waals surface area contributed by atoms with Crippen molar-refractivity contribution in [1.82, 2.24) is 20.9 Å². The minimum absolute atomic E-state index is 0.0648. The monoisotopic (exact) mass is 503 g/mol. The highest BCUT2D eigenvalue weighted by Gasteiger charge is 2.51. The van der Waals surface area contributed by atoms with Crippen molar-refractivity contribution in [1.29, 1.82) is 0 Å². The van der Waals surface area contributed by atoms with E-state index in [0.717, 1.165) is 19.6 Å². The second-order valence-electron chi connectivity index (χ2n) is 9.84. The zero-order chi connectivity index (χ0) is 26.2. The van der Waals surface area contributed by atoms with Crippen molar-refractivity contribution in [2.75, 3.05) is 26.2 Å². The number of nitrogens with two attached hydrogens (primary N) is 1. The Balaban J connectivity index is 1.51. The fraction of sp³-hybridized carbons (Fsp3) is 0.600. The number of amides is 4. The highest BCUT2D eigenvalue weighted by atomic mass is 16.6. The second kappa shape index (κ2) is 12.7. The maximum absolute atomic E-state index is 13.0. The zero-order valence-electron chi connectivity index (χ0n) is 20.9. The molecule has 2 heterocycles. The molecule has 0 bridgehead atoms. The van der Waals surface area contributed by atoms with Gasteiger partial charge in [0.2, 0.25) is 11.8 Å². The van der Waals surface area contributed by atoms with Gasteiger partial charge >= 0.3 is 0 Å². The maximum Gasteiger partial charge on any atom is 0.253 e. The van der Waals surface area contributed by atoms with Gasteiger partial charge in [0.1, 0.15) is 17.8 Å². The van der Waals surface area contributed by atoms with Gasteiger partial charge in [-0.15, -0.1) is 0 Å². The molecule has 3 rings (SSSR count). The Morgan fingerprint density at radius 2 is 1.67 bits per heavy atom. The number of primary amides is 1. The van der Waals surface area contributed by atoms with Crippen LogP contribution in [0.15, 0.2) is 24.3 Å². The van der Waals surface area contributed by atoms with Crippen LogP contribution in [0.3, 0.4) is 0 Å². The number of epoxide rings is 1. The van der Waals surface area contributed by atoms with Crippen molar-refractivity contribution in [3.63, 3.8) is 0 Å². The van der Waals surface area contributed by atoms with Crippen LogP contribution in [0.4, 0.5) is 0 Å². The van der Waals surface area contributed by atoms with Crippen LogP contribution in [0.2, 0.25) is 0 Å². The molecule has 0 saturated carbocycles. The highest BCUT2D eigenvalue weighted by molar-refractivity contribution is 5.97. The predicted octanol–water partition coefficient (Wildman–Crippen LogP) is -0.585. The number of hydrogen-bond donors (Lipinski definition) is 5. The molecule has 2 fully saturated rings. The van der Waals surface area contributed by atoms with Crippen molar-refractivity contribution in [3.05, 3.63) is 29.8 Å². The Morgan fingerprint density at radius 3 is 2.28 bits per heavy atom. The van der Waals surface area contributed by atoms with E-state index in [0.29, 0.717) is 18.5 Å². The fourth-order valence-corrected chi connectivity index (χ4v) is 4.27. The number of nitrogens with zero attached hydrogens (tertiary/aromatic N) is 1. The summed E-state index contributed by atoms with van der Waals surface area (Å²) in [6.45, 7) is 7.12. The van der Waals surface area contributed by atoms with E-state index in [2.05, 4.69) is 20.9 Å². The van der Waals surface area contributed by atoms with Crippen LogP contribution in [-0.4, -0.2) is 84.1 Å². The Labute approximate surface area is 211 Å². The topological polar surface area (TPSA) is 166 Å². The Hall–Kier alpha value is -3.18. The molecule has 0 unspecified atom stereocenters. The standard InChI is InChI=1S/C25H37N5O6/c1-15(2)13-19(23(33)28-18(22(26)32)14-16-5-7-17(31)8-6-16)29-25(35)21-20(36-21)24(34)27-9-12-30-10-3-4-11-30/h5-8,15,18-21,31H,3-4,9-14H2,1-2H3,(H2,26,32)(H,27,34)(H,28,33)(H,29,35)/t18-,19-,20+,21+/m0/s1. The first-order chi connectivity index (χ1) is 17.1. The lowest BCUT2D eigenvalue weighted by Crippen LogP contribution is -2.54. The molecular weight excluding hydrogens is 466 g/mol. The maximum atomic E-state index is 13.0. The number of benzene rings is 1. The van der Waals surface area contributed by atoms with Crippen LogP contribution >= 0.6 is 0 Å². The van der Waals surface area contributed by atoms with E-state index in [-0.39, 0.29) is 24.0 Å². The quantitative estimate of drug-likeness (QED) is 0.224. The third kappa shape index (κ3) is 8.20. The Morgan fingerprint density at radius 1 is 1.03 bits per heavy atom. The van der Waals surface area contributed by atoms with E-state index in [4.69, 9.17) is 10.5 Å². The lowest BCUT2D eigenvalue weighted by atomic mass is 10.0. The summed E-state index contributed by atoms with van der Waals surface area (Å²) in [5, 5.41) is 17.5. The summed E-state index contributed by atoms with van der Waals surface area (Å²) in [6.07, 6.45) is 0.965. The summed E-state index contributed by atoms with van der Waals surface area (Å²) in [5.41, 5.74) is 6.20. The van der Waals surface area contributed by atoms with Gasteiger partial charge in [-0.3, -0.25) is 19.2 Å². The molecule has 4 atom stereocenters. The molecule has 198 valence electrons. The molecule has 1 aromatic carbocycles. The summed E-state index contributed by atoms with van der Waals surface area (Å²) in [6, 6.07) is 4.29. The summed E-state index contributed by atoms with van der Waals surface area (Å²) < 4.78 is 5.29. The Kier molecular flexibility index (Phi) is 9.65. The number of nitrogens with one attached hydrogen (secondary N) is 3. The molecule has 2 saturated heterocycles. The number of phenolic OH excluding ortho intramolecular Hbond substituents is 1. The van der Waals surface area contributed by atoms with Crippen LogP contribution in [0.1, 0.15) is 38.7 Å². The smallest absolute Gasteiger partial charge is 0.253 e. The molecule has 11 heteroatoms. The van der Waals surface area contributed by atoms with Crippen LogP contribution in [0.5, 0.6) is 5.75 Å². The van der Waals surface area contributed by atoms with E-state index in [9.17, 15) is 24.3 Å². The molecule has 11 nitrogen and oxygen atoms in total. The normalized spacial score (nSPS) is 21.0. The van der Waals surface area contributed by atoms with Crippen molar-refractivity contribution >= 4 is 23.6 Å². The molecule has 0 radical (unpaired) electrons. The van der Waals surface area contributed by atoms with Crippen molar-refractivity contribution < 1.29 is 29.0 Å². The first-order valence-electron chi connectivity index (χ1n) is 12.5. The number of rotatable bonds is 13. The second-order valence-corrected chi connectivity index (χ2v) is 9.84. The van der Waals surface area contributed by atoms with Gasteiger partial charge in [-0.05, 0) is 56.0 Å². The first-order valence-corrected chi connectivity index (χ1v) is 12.5. The third-order valence-electron chi connectivity index (χ3n) is 6.31. The van der Waals surface area contributed by atoms with Gasteiger partial charge in [0.15, 0.2) is 12.2 Å². The number of likely N-dealkylation sites (tertiary alicyclic amines) is 1. The van der Waals surface area contributed by atoms with Gasteiger partial charge in [0.05, 0.1) is 0 Å². The number of aromatic hydroxyl groups is 1.